The second-order valence-corrected chi connectivity index (χ2v) is 11.4. The number of nitrogens with one attached hydrogen (secondary N) is 1. The van der Waals surface area contributed by atoms with Gasteiger partial charge in [-0.15, -0.1) is 11.3 Å². The highest BCUT2D eigenvalue weighted by atomic mass is 32.2. The van der Waals surface area contributed by atoms with E-state index in [4.69, 9.17) is 0 Å². The minimum Gasteiger partial charge on any atom is -0.344 e. The molecule has 1 fully saturated rings. The molecule has 1 aliphatic rings. The number of hydrogen-bond acceptors (Lipinski definition) is 4. The van der Waals surface area contributed by atoms with Crippen molar-refractivity contribution in [1.82, 2.24) is 9.62 Å². The van der Waals surface area contributed by atoms with E-state index in [1.54, 1.807) is 24.3 Å². The number of nitrogens with zero attached hydrogens (tertiary/aromatic N) is 1. The molecule has 0 radical (unpaired) electrons. The third-order valence-corrected chi connectivity index (χ3v) is 9.09. The van der Waals surface area contributed by atoms with E-state index in [1.807, 2.05) is 37.4 Å². The third-order valence-electron chi connectivity index (χ3n) is 6.26. The summed E-state index contributed by atoms with van der Waals surface area (Å²) in [5, 5.41) is 5.04. The maximum Gasteiger partial charge on any atom is 0.243 e. The summed E-state index contributed by atoms with van der Waals surface area (Å²) in [5.41, 5.74) is 2.79. The van der Waals surface area contributed by atoms with E-state index < -0.39 is 10.0 Å². The van der Waals surface area contributed by atoms with Crippen LogP contribution in [0.5, 0.6) is 0 Å². The minimum atomic E-state index is -3.59. The lowest BCUT2D eigenvalue weighted by Crippen LogP contribution is -2.43. The Morgan fingerprint density at radius 1 is 1.06 bits per heavy atom. The summed E-state index contributed by atoms with van der Waals surface area (Å²) in [5.74, 6) is -0.715. The van der Waals surface area contributed by atoms with Gasteiger partial charge in [-0.05, 0) is 79.1 Å². The second-order valence-electron chi connectivity index (χ2n) is 8.43. The van der Waals surface area contributed by atoms with E-state index >= 15 is 0 Å². The van der Waals surface area contributed by atoms with Crippen LogP contribution in [0.3, 0.4) is 0 Å². The molecule has 2 heterocycles. The van der Waals surface area contributed by atoms with Crippen molar-refractivity contribution in [3.63, 3.8) is 0 Å². The Kier molecular flexibility index (Phi) is 6.97. The maximum atomic E-state index is 13.4. The molecule has 5 nitrogen and oxygen atoms in total. The Hall–Kier alpha value is -2.55. The molecule has 174 valence electrons. The van der Waals surface area contributed by atoms with Gasteiger partial charge in [0.15, 0.2) is 0 Å². The number of carbonyl (C=O) groups is 1. The number of amides is 1. The summed E-state index contributed by atoms with van der Waals surface area (Å²) in [6, 6.07) is 14.8. The van der Waals surface area contributed by atoms with Gasteiger partial charge in [0.05, 0.1) is 10.9 Å². The normalized spacial score (nSPS) is 16.5. The first-order valence-corrected chi connectivity index (χ1v) is 13.2. The smallest absolute Gasteiger partial charge is 0.243 e. The van der Waals surface area contributed by atoms with Crippen molar-refractivity contribution >= 4 is 27.3 Å². The van der Waals surface area contributed by atoms with Gasteiger partial charge in [-0.1, -0.05) is 24.3 Å². The lowest BCUT2D eigenvalue weighted by atomic mass is 9.96. The van der Waals surface area contributed by atoms with Gasteiger partial charge in [0.2, 0.25) is 15.9 Å². The van der Waals surface area contributed by atoms with Crippen molar-refractivity contribution in [1.29, 1.82) is 0 Å². The lowest BCUT2D eigenvalue weighted by molar-refractivity contribution is -0.126. The molecule has 0 spiro atoms. The van der Waals surface area contributed by atoms with Gasteiger partial charge in [-0.3, -0.25) is 4.79 Å². The Morgan fingerprint density at radius 2 is 1.76 bits per heavy atom. The number of thiophene rings is 1. The van der Waals surface area contributed by atoms with Gasteiger partial charge < -0.3 is 5.32 Å². The van der Waals surface area contributed by atoms with Crippen LogP contribution in [0, 0.1) is 25.6 Å². The Morgan fingerprint density at radius 3 is 2.36 bits per heavy atom. The van der Waals surface area contributed by atoms with E-state index in [2.05, 4.69) is 5.32 Å². The average Bonchev–Trinajstić information content (AvgIpc) is 3.34. The van der Waals surface area contributed by atoms with Crippen molar-refractivity contribution in [2.75, 3.05) is 13.1 Å². The molecule has 3 aromatic rings. The predicted octanol–water partition coefficient (Wildman–Crippen LogP) is 4.81. The first kappa shape index (κ1) is 23.6. The van der Waals surface area contributed by atoms with Crippen molar-refractivity contribution in [2.45, 2.75) is 37.6 Å². The van der Waals surface area contributed by atoms with Crippen LogP contribution in [0.2, 0.25) is 0 Å². The zero-order valence-electron chi connectivity index (χ0n) is 18.6. The Bertz CT molecular complexity index is 1220. The summed E-state index contributed by atoms with van der Waals surface area (Å²) in [6.07, 6.45) is 0.910. The fraction of sp³-hybridized carbons (Fsp3) is 0.320. The van der Waals surface area contributed by atoms with E-state index in [1.165, 1.54) is 27.8 Å². The van der Waals surface area contributed by atoms with E-state index in [-0.39, 0.29) is 23.7 Å². The molecule has 1 amide bonds. The Labute approximate surface area is 198 Å². The molecular formula is C25H27FN2O3S2. The number of hydrogen-bond donors (Lipinski definition) is 1. The lowest BCUT2D eigenvalue weighted by Gasteiger charge is -2.31. The molecule has 33 heavy (non-hydrogen) atoms. The summed E-state index contributed by atoms with van der Waals surface area (Å²) in [7, 11) is -3.59. The van der Waals surface area contributed by atoms with Crippen LogP contribution in [-0.2, 0) is 14.8 Å². The van der Waals surface area contributed by atoms with Crippen LogP contribution in [0.4, 0.5) is 4.39 Å². The number of halogens is 1. The number of carbonyl (C=O) groups excluding carboxylic acids is 1. The first-order valence-electron chi connectivity index (χ1n) is 10.9. The Balaban J connectivity index is 1.44. The van der Waals surface area contributed by atoms with Gasteiger partial charge in [0.25, 0.3) is 0 Å². The molecule has 1 saturated heterocycles. The highest BCUT2D eigenvalue weighted by Crippen LogP contribution is 2.29. The molecule has 4 rings (SSSR count). The van der Waals surface area contributed by atoms with Crippen molar-refractivity contribution < 1.29 is 17.6 Å². The number of sulfonamides is 1. The quantitative estimate of drug-likeness (QED) is 0.544. The fourth-order valence-corrected chi connectivity index (χ4v) is 6.43. The van der Waals surface area contributed by atoms with Gasteiger partial charge in [0.1, 0.15) is 5.82 Å². The number of aryl methyl sites for hydroxylation is 2. The first-order chi connectivity index (χ1) is 15.8. The summed E-state index contributed by atoms with van der Waals surface area (Å²) < 4.78 is 41.0. The van der Waals surface area contributed by atoms with Gasteiger partial charge >= 0.3 is 0 Å². The van der Waals surface area contributed by atoms with Crippen LogP contribution in [-0.4, -0.2) is 31.7 Å². The highest BCUT2D eigenvalue weighted by Gasteiger charge is 2.33. The van der Waals surface area contributed by atoms with Gasteiger partial charge in [0, 0.05) is 23.9 Å². The van der Waals surface area contributed by atoms with Crippen LogP contribution in [0.15, 0.2) is 64.9 Å². The standard InChI is InChI=1S/C25H27FN2O3S2/c1-17-5-10-22(16-18(17)2)33(30,31)28-13-11-20(12-14-28)25(29)27-24(23-4-3-15-32-23)19-6-8-21(26)9-7-19/h3-10,15-16,20,24H,11-14H2,1-2H3,(H,27,29). The number of rotatable bonds is 6. The minimum absolute atomic E-state index is 0.110. The van der Waals surface area contributed by atoms with Crippen LogP contribution >= 0.6 is 11.3 Å². The summed E-state index contributed by atoms with van der Waals surface area (Å²) in [6.45, 7) is 4.45. The zero-order valence-corrected chi connectivity index (χ0v) is 20.3. The SMILES string of the molecule is Cc1ccc(S(=O)(=O)N2CCC(C(=O)NC(c3ccc(F)cc3)c3cccs3)CC2)cc1C. The molecule has 1 aromatic heterocycles. The van der Waals surface area contributed by atoms with E-state index in [9.17, 15) is 17.6 Å². The topological polar surface area (TPSA) is 66.5 Å². The highest BCUT2D eigenvalue weighted by molar-refractivity contribution is 7.89. The molecule has 2 aromatic carbocycles. The molecule has 1 N–H and O–H groups in total. The average molecular weight is 487 g/mol. The molecular weight excluding hydrogens is 459 g/mol. The van der Waals surface area contributed by atoms with Crippen molar-refractivity contribution in [3.8, 4) is 0 Å². The second kappa shape index (κ2) is 9.75. The van der Waals surface area contributed by atoms with E-state index in [0.29, 0.717) is 30.8 Å². The number of piperidine rings is 1. The van der Waals surface area contributed by atoms with E-state index in [0.717, 1.165) is 21.6 Å². The molecule has 1 unspecified atom stereocenters. The van der Waals surface area contributed by atoms with Crippen molar-refractivity contribution in [3.05, 3.63) is 87.4 Å². The molecule has 0 aliphatic carbocycles. The number of benzene rings is 2. The van der Waals surface area contributed by atoms with Crippen LogP contribution < -0.4 is 5.32 Å². The van der Waals surface area contributed by atoms with Crippen LogP contribution in [0.1, 0.15) is 40.5 Å². The summed E-state index contributed by atoms with van der Waals surface area (Å²) in [4.78, 5) is 14.4. The van der Waals surface area contributed by atoms with Gasteiger partial charge in [-0.2, -0.15) is 4.31 Å². The third kappa shape index (κ3) is 5.18. The zero-order chi connectivity index (χ0) is 23.6. The maximum absolute atomic E-state index is 13.4. The fourth-order valence-electron chi connectivity index (χ4n) is 4.07. The molecule has 8 heteroatoms. The molecule has 1 atom stereocenters. The van der Waals surface area contributed by atoms with Crippen LogP contribution in [0.25, 0.3) is 0 Å². The largest absolute Gasteiger partial charge is 0.344 e. The molecule has 1 aliphatic heterocycles. The predicted molar refractivity (Wildman–Crippen MR) is 128 cm³/mol. The monoisotopic (exact) mass is 486 g/mol. The summed E-state index contributed by atoms with van der Waals surface area (Å²) >= 11 is 1.53. The van der Waals surface area contributed by atoms with Gasteiger partial charge in [-0.25, -0.2) is 12.8 Å². The molecule has 0 saturated carbocycles. The van der Waals surface area contributed by atoms with Crippen molar-refractivity contribution in [2.24, 2.45) is 5.92 Å². The molecule has 0 bridgehead atoms.